The van der Waals surface area contributed by atoms with Gasteiger partial charge in [0.25, 0.3) is 0 Å². The molecule has 1 aliphatic heterocycles. The molecule has 1 heterocycles. The van der Waals surface area contributed by atoms with Gasteiger partial charge < -0.3 is 15.2 Å². The van der Waals surface area contributed by atoms with E-state index in [1.54, 1.807) is 0 Å². The highest BCUT2D eigenvalue weighted by Gasteiger charge is 2.21. The highest BCUT2D eigenvalue weighted by Crippen LogP contribution is 2.21. The first-order valence-corrected chi connectivity index (χ1v) is 7.58. The molecule has 2 N–H and O–H groups in total. The maximum atomic E-state index is 12.0. The predicted molar refractivity (Wildman–Crippen MR) is 76.4 cm³/mol. The van der Waals surface area contributed by atoms with E-state index < -0.39 is 5.97 Å². The van der Waals surface area contributed by atoms with Crippen molar-refractivity contribution >= 4 is 11.9 Å². The van der Waals surface area contributed by atoms with Crippen molar-refractivity contribution < 1.29 is 19.4 Å². The number of carboxylic acids is 1. The van der Waals surface area contributed by atoms with Gasteiger partial charge in [0.15, 0.2) is 0 Å². The number of carboxylic acid groups (broad SMARTS) is 1. The van der Waals surface area contributed by atoms with Crippen molar-refractivity contribution in [1.29, 1.82) is 0 Å². The van der Waals surface area contributed by atoms with Crippen molar-refractivity contribution in [3.63, 3.8) is 0 Å². The Hall–Kier alpha value is -1.10. The monoisotopic (exact) mass is 285 g/mol. The van der Waals surface area contributed by atoms with E-state index in [2.05, 4.69) is 19.2 Å². The van der Waals surface area contributed by atoms with Crippen LogP contribution in [0.2, 0.25) is 0 Å². The summed E-state index contributed by atoms with van der Waals surface area (Å²) in [5, 5.41) is 11.7. The lowest BCUT2D eigenvalue weighted by Crippen LogP contribution is -2.35. The number of ether oxygens (including phenoxy) is 1. The van der Waals surface area contributed by atoms with Crippen molar-refractivity contribution in [3.8, 4) is 0 Å². The Morgan fingerprint density at radius 3 is 2.45 bits per heavy atom. The summed E-state index contributed by atoms with van der Waals surface area (Å²) in [6.07, 6.45) is 3.34. The second-order valence-electron chi connectivity index (χ2n) is 5.90. The van der Waals surface area contributed by atoms with Crippen LogP contribution in [0.3, 0.4) is 0 Å². The number of rotatable bonds is 8. The molecule has 1 aliphatic rings. The molecule has 0 spiro atoms. The van der Waals surface area contributed by atoms with E-state index >= 15 is 0 Å². The average Bonchev–Trinajstić information content (AvgIpc) is 2.42. The number of hydrogen-bond donors (Lipinski definition) is 2. The molecular weight excluding hydrogens is 258 g/mol. The van der Waals surface area contributed by atoms with Gasteiger partial charge in [-0.1, -0.05) is 13.8 Å². The highest BCUT2D eigenvalue weighted by atomic mass is 16.5. The first-order chi connectivity index (χ1) is 9.50. The molecule has 5 heteroatoms. The molecule has 116 valence electrons. The second kappa shape index (κ2) is 8.95. The van der Waals surface area contributed by atoms with Crippen molar-refractivity contribution in [2.75, 3.05) is 19.8 Å². The van der Waals surface area contributed by atoms with Crippen LogP contribution in [-0.2, 0) is 14.3 Å². The summed E-state index contributed by atoms with van der Waals surface area (Å²) >= 11 is 0. The van der Waals surface area contributed by atoms with Gasteiger partial charge in [0, 0.05) is 32.1 Å². The van der Waals surface area contributed by atoms with E-state index in [9.17, 15) is 9.59 Å². The molecule has 0 bridgehead atoms. The maximum Gasteiger partial charge on any atom is 0.303 e. The third kappa shape index (κ3) is 6.37. The summed E-state index contributed by atoms with van der Waals surface area (Å²) < 4.78 is 5.24. The predicted octanol–water partition coefficient (Wildman–Crippen LogP) is 2.06. The zero-order chi connectivity index (χ0) is 15.0. The molecule has 1 amide bonds. The fourth-order valence-corrected chi connectivity index (χ4v) is 2.60. The summed E-state index contributed by atoms with van der Waals surface area (Å²) in [5.41, 5.74) is 0. The molecule has 0 aromatic rings. The molecule has 1 fully saturated rings. The van der Waals surface area contributed by atoms with Crippen molar-refractivity contribution in [2.45, 2.75) is 46.0 Å². The fraction of sp³-hybridized carbons (Fsp3) is 0.867. The van der Waals surface area contributed by atoms with E-state index in [1.165, 1.54) is 0 Å². The summed E-state index contributed by atoms with van der Waals surface area (Å²) in [7, 11) is 0. The average molecular weight is 285 g/mol. The van der Waals surface area contributed by atoms with Gasteiger partial charge in [-0.25, -0.2) is 0 Å². The Bertz CT molecular complexity index is 311. The van der Waals surface area contributed by atoms with Crippen LogP contribution in [-0.4, -0.2) is 36.7 Å². The van der Waals surface area contributed by atoms with Crippen LogP contribution >= 0.6 is 0 Å². The minimum Gasteiger partial charge on any atom is -0.481 e. The summed E-state index contributed by atoms with van der Waals surface area (Å²) in [6, 6.07) is 0. The number of hydrogen-bond acceptors (Lipinski definition) is 3. The van der Waals surface area contributed by atoms with E-state index in [0.717, 1.165) is 19.3 Å². The molecule has 0 aromatic heterocycles. The molecule has 20 heavy (non-hydrogen) atoms. The van der Waals surface area contributed by atoms with Crippen LogP contribution in [0.1, 0.15) is 46.0 Å². The Morgan fingerprint density at radius 1 is 1.25 bits per heavy atom. The summed E-state index contributed by atoms with van der Waals surface area (Å²) in [4.78, 5) is 22.6. The quantitative estimate of drug-likeness (QED) is 0.715. The minimum absolute atomic E-state index is 0.0836. The molecule has 0 aliphatic carbocycles. The van der Waals surface area contributed by atoms with Crippen molar-refractivity contribution in [1.82, 2.24) is 5.32 Å². The van der Waals surface area contributed by atoms with Gasteiger partial charge in [-0.05, 0) is 37.5 Å². The Balaban J connectivity index is 2.25. The van der Waals surface area contributed by atoms with Crippen LogP contribution in [0.15, 0.2) is 0 Å². The minimum atomic E-state index is -0.748. The van der Waals surface area contributed by atoms with E-state index in [4.69, 9.17) is 9.84 Å². The number of carbonyl (C=O) groups is 2. The zero-order valence-electron chi connectivity index (χ0n) is 12.6. The van der Waals surface area contributed by atoms with Crippen LogP contribution in [0, 0.1) is 17.8 Å². The summed E-state index contributed by atoms with van der Waals surface area (Å²) in [5.74, 6) is 0.242. The van der Waals surface area contributed by atoms with E-state index in [0.29, 0.717) is 38.0 Å². The molecule has 0 radical (unpaired) electrons. The second-order valence-corrected chi connectivity index (χ2v) is 5.90. The van der Waals surface area contributed by atoms with Crippen molar-refractivity contribution in [3.05, 3.63) is 0 Å². The molecule has 0 aromatic carbocycles. The third-order valence-corrected chi connectivity index (χ3v) is 4.08. The highest BCUT2D eigenvalue weighted by molar-refractivity contribution is 5.78. The Morgan fingerprint density at radius 2 is 1.90 bits per heavy atom. The summed E-state index contributed by atoms with van der Waals surface area (Å²) in [6.45, 7) is 6.19. The molecular formula is C15H27NO4. The molecule has 5 nitrogen and oxygen atoms in total. The lowest BCUT2D eigenvalue weighted by molar-refractivity contribution is -0.137. The van der Waals surface area contributed by atoms with Crippen LogP contribution < -0.4 is 5.32 Å². The Kier molecular flexibility index (Phi) is 7.59. The van der Waals surface area contributed by atoms with Crippen LogP contribution in [0.5, 0.6) is 0 Å². The first kappa shape index (κ1) is 17.0. The molecule has 1 unspecified atom stereocenters. The smallest absolute Gasteiger partial charge is 0.303 e. The van der Waals surface area contributed by atoms with Crippen LogP contribution in [0.4, 0.5) is 0 Å². The standard InChI is InChI=1S/C15H27NO4/c1-11(2)12(3-4-14(17)18)5-8-16-15(19)13-6-9-20-10-7-13/h11-13H,3-10H2,1-2H3,(H,16,19)(H,17,18). The molecule has 1 rings (SSSR count). The van der Waals surface area contributed by atoms with Gasteiger partial charge in [-0.2, -0.15) is 0 Å². The van der Waals surface area contributed by atoms with Crippen LogP contribution in [0.25, 0.3) is 0 Å². The van der Waals surface area contributed by atoms with Crippen molar-refractivity contribution in [2.24, 2.45) is 17.8 Å². The number of carbonyl (C=O) groups excluding carboxylic acids is 1. The Labute approximate surface area is 121 Å². The normalized spacial score (nSPS) is 17.9. The molecule has 1 atom stereocenters. The number of aliphatic carboxylic acids is 1. The lowest BCUT2D eigenvalue weighted by atomic mass is 9.88. The largest absolute Gasteiger partial charge is 0.481 e. The van der Waals surface area contributed by atoms with Gasteiger partial charge in [-0.15, -0.1) is 0 Å². The van der Waals surface area contributed by atoms with E-state index in [1.807, 2.05) is 0 Å². The van der Waals surface area contributed by atoms with E-state index in [-0.39, 0.29) is 18.2 Å². The lowest BCUT2D eigenvalue weighted by Gasteiger charge is -2.23. The first-order valence-electron chi connectivity index (χ1n) is 7.58. The van der Waals surface area contributed by atoms with Gasteiger partial charge in [0.2, 0.25) is 5.91 Å². The SMILES string of the molecule is CC(C)C(CCNC(=O)C1CCOCC1)CCC(=O)O. The fourth-order valence-electron chi connectivity index (χ4n) is 2.60. The molecule has 0 saturated carbocycles. The van der Waals surface area contributed by atoms with Gasteiger partial charge in [-0.3, -0.25) is 9.59 Å². The third-order valence-electron chi connectivity index (χ3n) is 4.08. The number of amides is 1. The van der Waals surface area contributed by atoms with Gasteiger partial charge in [0.05, 0.1) is 0 Å². The molecule has 1 saturated heterocycles. The number of nitrogens with one attached hydrogen (secondary N) is 1. The van der Waals surface area contributed by atoms with Gasteiger partial charge >= 0.3 is 5.97 Å². The zero-order valence-corrected chi connectivity index (χ0v) is 12.6. The maximum absolute atomic E-state index is 12.0. The topological polar surface area (TPSA) is 75.6 Å². The van der Waals surface area contributed by atoms with Gasteiger partial charge in [0.1, 0.15) is 0 Å².